The van der Waals surface area contributed by atoms with Crippen molar-refractivity contribution in [3.8, 4) is 5.75 Å². The summed E-state index contributed by atoms with van der Waals surface area (Å²) in [5.74, 6) is 0.287. The number of nitrogens with zero attached hydrogens (tertiary/aromatic N) is 1. The first kappa shape index (κ1) is 17.2. The summed E-state index contributed by atoms with van der Waals surface area (Å²) in [7, 11) is 1.80. The molecule has 0 aliphatic carbocycles. The SMILES string of the molecule is COc1ccc(Cl)cc1S(=O)(=O)NCCCCN(C)C. The maximum absolute atomic E-state index is 12.2. The Labute approximate surface area is 125 Å². The number of unbranched alkanes of at least 4 members (excludes halogenated alkanes) is 1. The average molecular weight is 321 g/mol. The minimum Gasteiger partial charge on any atom is -0.495 e. The molecule has 1 aromatic rings. The van der Waals surface area contributed by atoms with E-state index >= 15 is 0 Å². The zero-order chi connectivity index (χ0) is 15.2. The zero-order valence-corrected chi connectivity index (χ0v) is 13.6. The summed E-state index contributed by atoms with van der Waals surface area (Å²) in [6.07, 6.45) is 1.71. The van der Waals surface area contributed by atoms with E-state index in [1.807, 2.05) is 14.1 Å². The van der Waals surface area contributed by atoms with Gasteiger partial charge in [-0.05, 0) is 51.7 Å². The van der Waals surface area contributed by atoms with Gasteiger partial charge < -0.3 is 9.64 Å². The van der Waals surface area contributed by atoms with Crippen LogP contribution in [0.3, 0.4) is 0 Å². The predicted octanol–water partition coefficient (Wildman–Crippen LogP) is 1.97. The fourth-order valence-corrected chi connectivity index (χ4v) is 3.20. The average Bonchev–Trinajstić information content (AvgIpc) is 2.37. The van der Waals surface area contributed by atoms with E-state index in [-0.39, 0.29) is 10.6 Å². The van der Waals surface area contributed by atoms with Crippen LogP contribution in [0.15, 0.2) is 23.1 Å². The second-order valence-corrected chi connectivity index (χ2v) is 6.88. The molecule has 114 valence electrons. The lowest BCUT2D eigenvalue weighted by Gasteiger charge is -2.12. The van der Waals surface area contributed by atoms with Crippen molar-refractivity contribution in [2.24, 2.45) is 0 Å². The van der Waals surface area contributed by atoms with Crippen molar-refractivity contribution in [1.29, 1.82) is 0 Å². The van der Waals surface area contributed by atoms with Gasteiger partial charge in [0.2, 0.25) is 10.0 Å². The summed E-state index contributed by atoms with van der Waals surface area (Å²) in [5.41, 5.74) is 0. The Bertz CT molecular complexity index is 532. The van der Waals surface area contributed by atoms with Crippen LogP contribution in [0.1, 0.15) is 12.8 Å². The van der Waals surface area contributed by atoms with E-state index in [0.717, 1.165) is 19.4 Å². The number of hydrogen-bond acceptors (Lipinski definition) is 4. The fraction of sp³-hybridized carbons (Fsp3) is 0.538. The molecule has 0 saturated heterocycles. The Morgan fingerprint density at radius 1 is 1.30 bits per heavy atom. The molecule has 7 heteroatoms. The number of hydrogen-bond donors (Lipinski definition) is 1. The first-order valence-electron chi connectivity index (χ1n) is 6.35. The molecule has 5 nitrogen and oxygen atoms in total. The van der Waals surface area contributed by atoms with E-state index in [1.54, 1.807) is 12.1 Å². The van der Waals surface area contributed by atoms with Crippen molar-refractivity contribution in [2.45, 2.75) is 17.7 Å². The molecular formula is C13H21ClN2O3S. The predicted molar refractivity (Wildman–Crippen MR) is 81.0 cm³/mol. The highest BCUT2D eigenvalue weighted by Gasteiger charge is 2.19. The van der Waals surface area contributed by atoms with Gasteiger partial charge in [-0.25, -0.2) is 13.1 Å². The van der Waals surface area contributed by atoms with Gasteiger partial charge in [0.25, 0.3) is 0 Å². The number of halogens is 1. The molecule has 0 bridgehead atoms. The lowest BCUT2D eigenvalue weighted by Crippen LogP contribution is -2.26. The summed E-state index contributed by atoms with van der Waals surface area (Å²) < 4.78 is 32.0. The van der Waals surface area contributed by atoms with Gasteiger partial charge in [-0.3, -0.25) is 0 Å². The minimum atomic E-state index is -3.60. The summed E-state index contributed by atoms with van der Waals surface area (Å²) in [6.45, 7) is 1.33. The second kappa shape index (κ2) is 7.83. The Balaban J connectivity index is 2.67. The Kier molecular flexibility index (Phi) is 6.75. The van der Waals surface area contributed by atoms with Crippen molar-refractivity contribution >= 4 is 21.6 Å². The molecule has 1 rings (SSSR count). The van der Waals surface area contributed by atoms with Crippen LogP contribution >= 0.6 is 11.6 Å². The molecule has 0 saturated carbocycles. The van der Waals surface area contributed by atoms with E-state index in [0.29, 0.717) is 11.6 Å². The first-order valence-corrected chi connectivity index (χ1v) is 8.21. The van der Waals surface area contributed by atoms with Crippen LogP contribution in [-0.4, -0.2) is 47.6 Å². The topological polar surface area (TPSA) is 58.6 Å². The molecule has 0 amide bonds. The molecule has 0 spiro atoms. The quantitative estimate of drug-likeness (QED) is 0.744. The minimum absolute atomic E-state index is 0.0695. The van der Waals surface area contributed by atoms with Crippen molar-refractivity contribution in [3.05, 3.63) is 23.2 Å². The molecule has 0 aliphatic heterocycles. The number of methoxy groups -OCH3 is 1. The third-order valence-corrected chi connectivity index (χ3v) is 4.46. The standard InChI is InChI=1S/C13H21ClN2O3S/c1-16(2)9-5-4-8-15-20(17,18)13-10-11(14)6-7-12(13)19-3/h6-7,10,15H,4-5,8-9H2,1-3H3. The van der Waals surface area contributed by atoms with Gasteiger partial charge in [0, 0.05) is 11.6 Å². The number of nitrogens with one attached hydrogen (secondary N) is 1. The van der Waals surface area contributed by atoms with Gasteiger partial charge in [-0.15, -0.1) is 0 Å². The van der Waals surface area contributed by atoms with Crippen molar-refractivity contribution in [2.75, 3.05) is 34.3 Å². The fourth-order valence-electron chi connectivity index (χ4n) is 1.70. The van der Waals surface area contributed by atoms with Crippen LogP contribution in [-0.2, 0) is 10.0 Å². The van der Waals surface area contributed by atoms with Crippen molar-refractivity contribution < 1.29 is 13.2 Å². The maximum atomic E-state index is 12.2. The Morgan fingerprint density at radius 2 is 2.00 bits per heavy atom. The van der Waals surface area contributed by atoms with Crippen molar-refractivity contribution in [1.82, 2.24) is 9.62 Å². The molecule has 0 atom stereocenters. The van der Waals surface area contributed by atoms with E-state index < -0.39 is 10.0 Å². The Hall–Kier alpha value is -0.820. The summed E-state index contributed by atoms with van der Waals surface area (Å²) in [6, 6.07) is 4.53. The number of rotatable bonds is 8. The molecule has 1 N–H and O–H groups in total. The molecule has 0 radical (unpaired) electrons. The summed E-state index contributed by atoms with van der Waals surface area (Å²) in [5, 5.41) is 0.360. The maximum Gasteiger partial charge on any atom is 0.244 e. The Morgan fingerprint density at radius 3 is 2.60 bits per heavy atom. The van der Waals surface area contributed by atoms with E-state index in [4.69, 9.17) is 16.3 Å². The molecule has 0 unspecified atom stereocenters. The molecule has 0 fully saturated rings. The molecule has 1 aromatic carbocycles. The first-order chi connectivity index (χ1) is 9.36. The molecule has 0 aromatic heterocycles. The van der Waals surface area contributed by atoms with Gasteiger partial charge in [0.15, 0.2) is 0 Å². The second-order valence-electron chi connectivity index (χ2n) is 4.70. The van der Waals surface area contributed by atoms with Crippen LogP contribution in [0.25, 0.3) is 0 Å². The number of benzene rings is 1. The van der Waals surface area contributed by atoms with E-state index in [9.17, 15) is 8.42 Å². The van der Waals surface area contributed by atoms with Gasteiger partial charge in [0.1, 0.15) is 10.6 Å². The van der Waals surface area contributed by atoms with Gasteiger partial charge in [0.05, 0.1) is 7.11 Å². The zero-order valence-electron chi connectivity index (χ0n) is 12.0. The molecule has 0 heterocycles. The highest BCUT2D eigenvalue weighted by atomic mass is 35.5. The third kappa shape index (κ3) is 5.28. The van der Waals surface area contributed by atoms with Crippen molar-refractivity contribution in [3.63, 3.8) is 0 Å². The molecule has 20 heavy (non-hydrogen) atoms. The number of sulfonamides is 1. The highest BCUT2D eigenvalue weighted by molar-refractivity contribution is 7.89. The van der Waals surface area contributed by atoms with Crippen LogP contribution in [0.4, 0.5) is 0 Å². The van der Waals surface area contributed by atoms with Gasteiger partial charge >= 0.3 is 0 Å². The summed E-state index contributed by atoms with van der Waals surface area (Å²) >= 11 is 5.85. The lowest BCUT2D eigenvalue weighted by atomic mass is 10.3. The normalized spacial score (nSPS) is 11.8. The van der Waals surface area contributed by atoms with Crippen LogP contribution < -0.4 is 9.46 Å². The smallest absolute Gasteiger partial charge is 0.244 e. The monoisotopic (exact) mass is 320 g/mol. The third-order valence-electron chi connectivity index (χ3n) is 2.74. The highest BCUT2D eigenvalue weighted by Crippen LogP contribution is 2.26. The van der Waals surface area contributed by atoms with Crippen LogP contribution in [0.2, 0.25) is 5.02 Å². The largest absolute Gasteiger partial charge is 0.495 e. The van der Waals surface area contributed by atoms with Gasteiger partial charge in [-0.2, -0.15) is 0 Å². The number of ether oxygens (including phenoxy) is 1. The van der Waals surface area contributed by atoms with Crippen LogP contribution in [0.5, 0.6) is 5.75 Å². The van der Waals surface area contributed by atoms with E-state index in [1.165, 1.54) is 13.2 Å². The summed E-state index contributed by atoms with van der Waals surface area (Å²) in [4.78, 5) is 2.13. The molecule has 0 aliphatic rings. The van der Waals surface area contributed by atoms with Crippen LogP contribution in [0, 0.1) is 0 Å². The van der Waals surface area contributed by atoms with Gasteiger partial charge in [-0.1, -0.05) is 11.6 Å². The lowest BCUT2D eigenvalue weighted by molar-refractivity contribution is 0.394. The molecular weight excluding hydrogens is 300 g/mol. The van der Waals surface area contributed by atoms with E-state index in [2.05, 4.69) is 9.62 Å².